The van der Waals surface area contributed by atoms with E-state index in [0.717, 1.165) is 36.2 Å². The number of benzene rings is 1. The Bertz CT molecular complexity index is 525. The Hall–Kier alpha value is -1.81. The zero-order valence-electron chi connectivity index (χ0n) is 12.3. The molecule has 1 heterocycles. The standard InChI is InChI=1S/C17H22N2OS/c1-2-3-7-12-18-17(20)19-16(15-11-8-13-21-15)14-9-5-4-6-10-14/h4-6,8-11,13,16H,2-3,7,12H2,1H3,(H2,18,19,20)/t16-/m1/s1. The summed E-state index contributed by atoms with van der Waals surface area (Å²) in [7, 11) is 0. The van der Waals surface area contributed by atoms with Crippen molar-refractivity contribution in [3.8, 4) is 0 Å². The number of unbranched alkanes of at least 4 members (excludes halogenated alkanes) is 2. The molecule has 112 valence electrons. The average Bonchev–Trinajstić information content (AvgIpc) is 3.04. The van der Waals surface area contributed by atoms with Gasteiger partial charge in [0, 0.05) is 11.4 Å². The molecule has 1 aromatic carbocycles. The van der Waals surface area contributed by atoms with Crippen LogP contribution < -0.4 is 10.6 Å². The highest BCUT2D eigenvalue weighted by molar-refractivity contribution is 7.10. The zero-order chi connectivity index (χ0) is 14.9. The van der Waals surface area contributed by atoms with Crippen molar-refractivity contribution < 1.29 is 4.79 Å². The molecular weight excluding hydrogens is 280 g/mol. The van der Waals surface area contributed by atoms with Crippen LogP contribution in [0.25, 0.3) is 0 Å². The molecular formula is C17H22N2OS. The maximum Gasteiger partial charge on any atom is 0.315 e. The lowest BCUT2D eigenvalue weighted by atomic mass is 10.1. The molecule has 0 aliphatic carbocycles. The maximum absolute atomic E-state index is 12.1. The van der Waals surface area contributed by atoms with Crippen LogP contribution in [0.2, 0.25) is 0 Å². The van der Waals surface area contributed by atoms with Gasteiger partial charge >= 0.3 is 6.03 Å². The predicted molar refractivity (Wildman–Crippen MR) is 88.7 cm³/mol. The number of carbonyl (C=O) groups is 1. The van der Waals surface area contributed by atoms with Crippen molar-refractivity contribution in [3.63, 3.8) is 0 Å². The van der Waals surface area contributed by atoms with E-state index in [1.165, 1.54) is 0 Å². The van der Waals surface area contributed by atoms with Crippen molar-refractivity contribution in [1.82, 2.24) is 10.6 Å². The molecule has 2 N–H and O–H groups in total. The summed E-state index contributed by atoms with van der Waals surface area (Å²) in [5.41, 5.74) is 1.10. The lowest BCUT2D eigenvalue weighted by molar-refractivity contribution is 0.238. The van der Waals surface area contributed by atoms with Crippen molar-refractivity contribution in [2.75, 3.05) is 6.54 Å². The smallest absolute Gasteiger partial charge is 0.315 e. The minimum Gasteiger partial charge on any atom is -0.338 e. The average molecular weight is 302 g/mol. The molecule has 0 radical (unpaired) electrons. The van der Waals surface area contributed by atoms with Crippen molar-refractivity contribution in [2.24, 2.45) is 0 Å². The Morgan fingerprint density at radius 3 is 2.62 bits per heavy atom. The molecule has 0 saturated heterocycles. The largest absolute Gasteiger partial charge is 0.338 e. The van der Waals surface area contributed by atoms with Crippen LogP contribution in [-0.2, 0) is 0 Å². The maximum atomic E-state index is 12.1. The molecule has 0 saturated carbocycles. The van der Waals surface area contributed by atoms with Gasteiger partial charge in [0.15, 0.2) is 0 Å². The number of rotatable bonds is 7. The molecule has 21 heavy (non-hydrogen) atoms. The molecule has 0 aliphatic heterocycles. The second-order valence-corrected chi connectivity index (χ2v) is 5.95. The molecule has 1 atom stereocenters. The Balaban J connectivity index is 1.99. The van der Waals surface area contributed by atoms with Crippen molar-refractivity contribution >= 4 is 17.4 Å². The molecule has 0 fully saturated rings. The second kappa shape index (κ2) is 8.47. The first kappa shape index (κ1) is 15.6. The summed E-state index contributed by atoms with van der Waals surface area (Å²) in [6.07, 6.45) is 3.33. The van der Waals surface area contributed by atoms with E-state index in [9.17, 15) is 4.79 Å². The van der Waals surface area contributed by atoms with Crippen LogP contribution in [0.3, 0.4) is 0 Å². The summed E-state index contributed by atoms with van der Waals surface area (Å²) in [5.74, 6) is 0. The predicted octanol–water partition coefficient (Wildman–Crippen LogP) is 4.33. The number of amides is 2. The zero-order valence-corrected chi connectivity index (χ0v) is 13.2. The van der Waals surface area contributed by atoms with E-state index >= 15 is 0 Å². The van der Waals surface area contributed by atoms with Crippen LogP contribution in [0.1, 0.15) is 42.7 Å². The third-order valence-electron chi connectivity index (χ3n) is 3.30. The van der Waals surface area contributed by atoms with Gasteiger partial charge in [-0.3, -0.25) is 0 Å². The van der Waals surface area contributed by atoms with Gasteiger partial charge in [0.25, 0.3) is 0 Å². The third-order valence-corrected chi connectivity index (χ3v) is 4.24. The van der Waals surface area contributed by atoms with Gasteiger partial charge in [-0.25, -0.2) is 4.79 Å². The second-order valence-electron chi connectivity index (χ2n) is 4.97. The van der Waals surface area contributed by atoms with E-state index < -0.39 is 0 Å². The highest BCUT2D eigenvalue weighted by Crippen LogP contribution is 2.25. The minimum atomic E-state index is -0.103. The van der Waals surface area contributed by atoms with Gasteiger partial charge in [0.1, 0.15) is 0 Å². The lowest BCUT2D eigenvalue weighted by Gasteiger charge is -2.18. The monoisotopic (exact) mass is 302 g/mol. The van der Waals surface area contributed by atoms with Crippen molar-refractivity contribution in [2.45, 2.75) is 32.2 Å². The Morgan fingerprint density at radius 2 is 1.95 bits per heavy atom. The summed E-state index contributed by atoms with van der Waals surface area (Å²) >= 11 is 1.66. The van der Waals surface area contributed by atoms with E-state index in [0.29, 0.717) is 0 Å². The van der Waals surface area contributed by atoms with Gasteiger partial charge in [-0.05, 0) is 23.4 Å². The first-order valence-corrected chi connectivity index (χ1v) is 8.32. The van der Waals surface area contributed by atoms with Crippen LogP contribution in [0, 0.1) is 0 Å². The topological polar surface area (TPSA) is 41.1 Å². The molecule has 2 aromatic rings. The van der Waals surface area contributed by atoms with E-state index in [-0.39, 0.29) is 12.1 Å². The number of nitrogens with one attached hydrogen (secondary N) is 2. The third kappa shape index (κ3) is 4.90. The summed E-state index contributed by atoms with van der Waals surface area (Å²) in [6.45, 7) is 2.88. The quantitative estimate of drug-likeness (QED) is 0.734. The van der Waals surface area contributed by atoms with Gasteiger partial charge < -0.3 is 10.6 Å². The van der Waals surface area contributed by atoms with Gasteiger partial charge in [0.05, 0.1) is 6.04 Å². The highest BCUT2D eigenvalue weighted by Gasteiger charge is 2.17. The van der Waals surface area contributed by atoms with Crippen LogP contribution in [0.5, 0.6) is 0 Å². The molecule has 0 aliphatic rings. The Kier molecular flexibility index (Phi) is 6.28. The van der Waals surface area contributed by atoms with Crippen LogP contribution in [0.4, 0.5) is 4.79 Å². The summed E-state index contributed by atoms with van der Waals surface area (Å²) < 4.78 is 0. The van der Waals surface area contributed by atoms with Gasteiger partial charge in [-0.15, -0.1) is 11.3 Å². The van der Waals surface area contributed by atoms with E-state index in [1.54, 1.807) is 11.3 Å². The van der Waals surface area contributed by atoms with Gasteiger partial charge in [0.2, 0.25) is 0 Å². The van der Waals surface area contributed by atoms with Crippen molar-refractivity contribution in [1.29, 1.82) is 0 Å². The Morgan fingerprint density at radius 1 is 1.14 bits per heavy atom. The Labute approximate surface area is 130 Å². The SMILES string of the molecule is CCCCCNC(=O)N[C@H](c1ccccc1)c1cccs1. The first-order valence-electron chi connectivity index (χ1n) is 7.44. The number of carbonyl (C=O) groups excluding carboxylic acids is 1. The molecule has 2 rings (SSSR count). The van der Waals surface area contributed by atoms with E-state index in [1.807, 2.05) is 41.8 Å². The lowest BCUT2D eigenvalue weighted by Crippen LogP contribution is -2.38. The molecule has 0 spiro atoms. The molecule has 1 aromatic heterocycles. The van der Waals surface area contributed by atoms with E-state index in [4.69, 9.17) is 0 Å². The minimum absolute atomic E-state index is 0.0858. The normalized spacial score (nSPS) is 11.9. The van der Waals surface area contributed by atoms with Crippen LogP contribution in [-0.4, -0.2) is 12.6 Å². The molecule has 0 unspecified atom stereocenters. The van der Waals surface area contributed by atoms with Crippen molar-refractivity contribution in [3.05, 3.63) is 58.3 Å². The van der Waals surface area contributed by atoms with Gasteiger partial charge in [-0.1, -0.05) is 56.2 Å². The number of thiophene rings is 1. The number of urea groups is 1. The summed E-state index contributed by atoms with van der Waals surface area (Å²) in [4.78, 5) is 13.2. The molecule has 3 nitrogen and oxygen atoms in total. The van der Waals surface area contributed by atoms with Gasteiger partial charge in [-0.2, -0.15) is 0 Å². The fourth-order valence-corrected chi connectivity index (χ4v) is 2.98. The fraction of sp³-hybridized carbons (Fsp3) is 0.353. The van der Waals surface area contributed by atoms with E-state index in [2.05, 4.69) is 23.6 Å². The molecule has 0 bridgehead atoms. The van der Waals surface area contributed by atoms with Crippen LogP contribution >= 0.6 is 11.3 Å². The number of hydrogen-bond donors (Lipinski definition) is 2. The number of hydrogen-bond acceptors (Lipinski definition) is 2. The summed E-state index contributed by atoms with van der Waals surface area (Å²) in [5, 5.41) is 8.04. The van der Waals surface area contributed by atoms with Crippen LogP contribution in [0.15, 0.2) is 47.8 Å². The summed E-state index contributed by atoms with van der Waals surface area (Å²) in [6, 6.07) is 13.9. The first-order chi connectivity index (χ1) is 10.3. The molecule has 4 heteroatoms. The molecule has 2 amide bonds. The fourth-order valence-electron chi connectivity index (χ4n) is 2.18. The highest BCUT2D eigenvalue weighted by atomic mass is 32.1.